The largest absolute Gasteiger partial charge is 0.399 e. The number of carbonyl (C=O) groups excluding carboxylic acids is 1. The molecule has 1 rings (SSSR count). The quantitative estimate of drug-likeness (QED) is 0.559. The van der Waals surface area contributed by atoms with Gasteiger partial charge in [0.25, 0.3) is 0 Å². The van der Waals surface area contributed by atoms with E-state index in [1.807, 2.05) is 31.2 Å². The number of unbranched alkanes of at least 4 members (excludes halogenated alkanes) is 2. The second kappa shape index (κ2) is 8.53. The first-order chi connectivity index (χ1) is 9.15. The molecule has 0 aliphatic rings. The van der Waals surface area contributed by atoms with Crippen molar-refractivity contribution in [2.45, 2.75) is 32.1 Å². The van der Waals surface area contributed by atoms with E-state index in [2.05, 4.69) is 5.32 Å². The van der Waals surface area contributed by atoms with Crippen molar-refractivity contribution >= 4 is 11.6 Å². The maximum atomic E-state index is 12.0. The van der Waals surface area contributed by atoms with E-state index in [0.717, 1.165) is 38.0 Å². The molecule has 0 saturated heterocycles. The Hall–Kier alpha value is -1.55. The van der Waals surface area contributed by atoms with E-state index in [1.165, 1.54) is 0 Å². The monoisotopic (exact) mass is 264 g/mol. The van der Waals surface area contributed by atoms with E-state index >= 15 is 0 Å². The predicted octanol–water partition coefficient (Wildman–Crippen LogP) is 2.31. The summed E-state index contributed by atoms with van der Waals surface area (Å²) in [5, 5.41) is 2.96. The van der Waals surface area contributed by atoms with Crippen LogP contribution in [-0.2, 0) is 9.53 Å². The second-order valence-corrected chi connectivity index (χ2v) is 4.74. The van der Waals surface area contributed by atoms with Gasteiger partial charge in [-0.05, 0) is 43.9 Å². The van der Waals surface area contributed by atoms with Crippen LogP contribution in [-0.4, -0.2) is 26.2 Å². The zero-order chi connectivity index (χ0) is 14.1. The van der Waals surface area contributed by atoms with Gasteiger partial charge in [-0.1, -0.05) is 12.1 Å². The molecule has 106 valence electrons. The molecule has 0 heterocycles. The van der Waals surface area contributed by atoms with E-state index in [-0.39, 0.29) is 11.8 Å². The molecule has 4 heteroatoms. The Labute approximate surface area is 115 Å². The molecule has 0 spiro atoms. The van der Waals surface area contributed by atoms with Gasteiger partial charge < -0.3 is 15.8 Å². The third kappa shape index (κ3) is 5.75. The SMILES string of the molecule is COCCCCCNC(=O)C(C)c1cccc(N)c1. The minimum absolute atomic E-state index is 0.0531. The first-order valence-electron chi connectivity index (χ1n) is 6.77. The van der Waals surface area contributed by atoms with Crippen molar-refractivity contribution in [3.05, 3.63) is 29.8 Å². The number of amides is 1. The van der Waals surface area contributed by atoms with Gasteiger partial charge in [0.2, 0.25) is 5.91 Å². The zero-order valence-corrected chi connectivity index (χ0v) is 11.8. The number of ether oxygens (including phenoxy) is 1. The standard InChI is InChI=1S/C15H24N2O2/c1-12(13-7-6-8-14(16)11-13)15(18)17-9-4-3-5-10-19-2/h6-8,11-12H,3-5,9-10,16H2,1-2H3,(H,17,18). The average Bonchev–Trinajstić information content (AvgIpc) is 2.41. The molecule has 1 aromatic carbocycles. The van der Waals surface area contributed by atoms with Crippen LogP contribution >= 0.6 is 0 Å². The molecular formula is C15H24N2O2. The Morgan fingerprint density at radius 1 is 1.37 bits per heavy atom. The minimum Gasteiger partial charge on any atom is -0.399 e. The molecule has 1 unspecified atom stereocenters. The van der Waals surface area contributed by atoms with E-state index in [0.29, 0.717) is 5.69 Å². The first kappa shape index (κ1) is 15.5. The van der Waals surface area contributed by atoms with Gasteiger partial charge in [-0.2, -0.15) is 0 Å². The highest BCUT2D eigenvalue weighted by Gasteiger charge is 2.14. The fourth-order valence-electron chi connectivity index (χ4n) is 1.89. The lowest BCUT2D eigenvalue weighted by Crippen LogP contribution is -2.28. The van der Waals surface area contributed by atoms with Gasteiger partial charge in [-0.25, -0.2) is 0 Å². The summed E-state index contributed by atoms with van der Waals surface area (Å²) in [7, 11) is 1.70. The lowest BCUT2D eigenvalue weighted by molar-refractivity contribution is -0.122. The maximum absolute atomic E-state index is 12.0. The van der Waals surface area contributed by atoms with E-state index in [1.54, 1.807) is 7.11 Å². The summed E-state index contributed by atoms with van der Waals surface area (Å²) in [4.78, 5) is 12.0. The molecule has 19 heavy (non-hydrogen) atoms. The Bertz CT molecular complexity index is 393. The van der Waals surface area contributed by atoms with Gasteiger partial charge in [0.1, 0.15) is 0 Å². The van der Waals surface area contributed by atoms with Crippen LogP contribution in [0.15, 0.2) is 24.3 Å². The van der Waals surface area contributed by atoms with Crippen LogP contribution in [0, 0.1) is 0 Å². The molecule has 3 N–H and O–H groups in total. The molecule has 1 atom stereocenters. The predicted molar refractivity (Wildman–Crippen MR) is 78.0 cm³/mol. The number of benzene rings is 1. The van der Waals surface area contributed by atoms with Crippen LogP contribution in [0.4, 0.5) is 5.69 Å². The van der Waals surface area contributed by atoms with Crippen LogP contribution in [0.2, 0.25) is 0 Å². The molecule has 0 fully saturated rings. The van der Waals surface area contributed by atoms with Gasteiger partial charge in [-0.15, -0.1) is 0 Å². The highest BCUT2D eigenvalue weighted by Crippen LogP contribution is 2.17. The third-order valence-electron chi connectivity index (χ3n) is 3.13. The summed E-state index contributed by atoms with van der Waals surface area (Å²) in [6.07, 6.45) is 3.09. The molecule has 4 nitrogen and oxygen atoms in total. The summed E-state index contributed by atoms with van der Waals surface area (Å²) in [5.41, 5.74) is 7.37. The summed E-state index contributed by atoms with van der Waals surface area (Å²) < 4.78 is 4.98. The molecule has 0 aromatic heterocycles. The van der Waals surface area contributed by atoms with E-state index in [9.17, 15) is 4.79 Å². The summed E-state index contributed by atoms with van der Waals surface area (Å²) in [6.45, 7) is 3.40. The van der Waals surface area contributed by atoms with Gasteiger partial charge in [-0.3, -0.25) is 4.79 Å². The lowest BCUT2D eigenvalue weighted by atomic mass is 10.00. The number of carbonyl (C=O) groups is 1. The number of anilines is 1. The van der Waals surface area contributed by atoms with Crippen molar-refractivity contribution in [3.63, 3.8) is 0 Å². The molecule has 0 aliphatic carbocycles. The lowest BCUT2D eigenvalue weighted by Gasteiger charge is -2.13. The van der Waals surface area contributed by atoms with Crippen LogP contribution < -0.4 is 11.1 Å². The number of rotatable bonds is 8. The number of hydrogen-bond acceptors (Lipinski definition) is 3. The van der Waals surface area contributed by atoms with Gasteiger partial charge in [0, 0.05) is 25.9 Å². The summed E-state index contributed by atoms with van der Waals surface area (Å²) in [6, 6.07) is 7.48. The molecular weight excluding hydrogens is 240 g/mol. The van der Waals surface area contributed by atoms with Crippen molar-refractivity contribution in [2.75, 3.05) is 26.0 Å². The first-order valence-corrected chi connectivity index (χ1v) is 6.77. The Kier molecular flexibility index (Phi) is 6.97. The third-order valence-corrected chi connectivity index (χ3v) is 3.13. The number of nitrogens with one attached hydrogen (secondary N) is 1. The summed E-state index contributed by atoms with van der Waals surface area (Å²) in [5.74, 6) is -0.111. The highest BCUT2D eigenvalue weighted by atomic mass is 16.5. The highest BCUT2D eigenvalue weighted by molar-refractivity contribution is 5.83. The van der Waals surface area contributed by atoms with Crippen molar-refractivity contribution in [1.82, 2.24) is 5.32 Å². The Balaban J connectivity index is 2.29. The minimum atomic E-state index is -0.164. The van der Waals surface area contributed by atoms with Gasteiger partial charge in [0.15, 0.2) is 0 Å². The van der Waals surface area contributed by atoms with Crippen LogP contribution in [0.1, 0.15) is 37.7 Å². The molecule has 1 amide bonds. The molecule has 1 aromatic rings. The molecule has 0 aliphatic heterocycles. The maximum Gasteiger partial charge on any atom is 0.227 e. The Morgan fingerprint density at radius 2 is 2.16 bits per heavy atom. The van der Waals surface area contributed by atoms with Crippen LogP contribution in [0.5, 0.6) is 0 Å². The van der Waals surface area contributed by atoms with E-state index in [4.69, 9.17) is 10.5 Å². The zero-order valence-electron chi connectivity index (χ0n) is 11.8. The fourth-order valence-corrected chi connectivity index (χ4v) is 1.89. The Morgan fingerprint density at radius 3 is 2.84 bits per heavy atom. The topological polar surface area (TPSA) is 64.3 Å². The second-order valence-electron chi connectivity index (χ2n) is 4.74. The number of nitrogens with two attached hydrogens (primary N) is 1. The van der Waals surface area contributed by atoms with Crippen molar-refractivity contribution in [1.29, 1.82) is 0 Å². The van der Waals surface area contributed by atoms with Gasteiger partial charge in [0.05, 0.1) is 5.92 Å². The number of nitrogen functional groups attached to an aromatic ring is 1. The van der Waals surface area contributed by atoms with Crippen LogP contribution in [0.3, 0.4) is 0 Å². The fraction of sp³-hybridized carbons (Fsp3) is 0.533. The molecule has 0 radical (unpaired) electrons. The number of methoxy groups -OCH3 is 1. The number of hydrogen-bond donors (Lipinski definition) is 2. The smallest absolute Gasteiger partial charge is 0.227 e. The molecule has 0 saturated carbocycles. The van der Waals surface area contributed by atoms with Crippen molar-refractivity contribution in [3.8, 4) is 0 Å². The molecule has 0 bridgehead atoms. The van der Waals surface area contributed by atoms with E-state index < -0.39 is 0 Å². The van der Waals surface area contributed by atoms with Crippen LogP contribution in [0.25, 0.3) is 0 Å². The van der Waals surface area contributed by atoms with Gasteiger partial charge >= 0.3 is 0 Å². The van der Waals surface area contributed by atoms with Crippen molar-refractivity contribution in [2.24, 2.45) is 0 Å². The van der Waals surface area contributed by atoms with Crippen molar-refractivity contribution < 1.29 is 9.53 Å². The average molecular weight is 264 g/mol. The normalized spacial score (nSPS) is 12.1. The summed E-state index contributed by atoms with van der Waals surface area (Å²) >= 11 is 0.